The van der Waals surface area contributed by atoms with Crippen LogP contribution >= 0.6 is 0 Å². The highest BCUT2D eigenvalue weighted by molar-refractivity contribution is 5.79. The third-order valence-electron chi connectivity index (χ3n) is 3.65. The molecule has 0 aromatic carbocycles. The molecule has 2 heterocycles. The first-order valence-electron chi connectivity index (χ1n) is 7.24. The van der Waals surface area contributed by atoms with Crippen LogP contribution in [0.1, 0.15) is 32.6 Å². The molecule has 1 fully saturated rings. The van der Waals surface area contributed by atoms with Gasteiger partial charge in [0.15, 0.2) is 0 Å². The van der Waals surface area contributed by atoms with Crippen molar-refractivity contribution in [3.8, 4) is 0 Å². The summed E-state index contributed by atoms with van der Waals surface area (Å²) in [5, 5.41) is 3.05. The van der Waals surface area contributed by atoms with Gasteiger partial charge in [-0.15, -0.1) is 0 Å². The van der Waals surface area contributed by atoms with Gasteiger partial charge in [-0.05, 0) is 31.4 Å². The number of unbranched alkanes of at least 4 members (excludes halogenated alkanes) is 1. The fourth-order valence-corrected chi connectivity index (χ4v) is 2.51. The number of amides is 1. The molecule has 1 N–H and O–H groups in total. The standard InChI is InChI=1S/C15H23N3O/c1-2-3-8-17-15(19)13-5-4-11-18(12-13)14-6-9-16-10-7-14/h6-7,9-10,13H,2-5,8,11-12H2,1H3,(H,17,19)/t13-/m1/s1. The Bertz CT molecular complexity index is 394. The van der Waals surface area contributed by atoms with Crippen LogP contribution in [-0.2, 0) is 4.79 Å². The van der Waals surface area contributed by atoms with E-state index in [0.717, 1.165) is 45.3 Å². The Morgan fingerprint density at radius 2 is 2.26 bits per heavy atom. The van der Waals surface area contributed by atoms with Crippen LogP contribution in [0.5, 0.6) is 0 Å². The lowest BCUT2D eigenvalue weighted by Crippen LogP contribution is -2.43. The molecule has 1 aromatic heterocycles. The normalized spacial score (nSPS) is 19.2. The lowest BCUT2D eigenvalue weighted by atomic mass is 9.96. The SMILES string of the molecule is CCCCNC(=O)[C@@H]1CCCN(c2ccncc2)C1. The number of carbonyl (C=O) groups is 1. The molecule has 4 nitrogen and oxygen atoms in total. The van der Waals surface area contributed by atoms with Crippen molar-refractivity contribution in [2.24, 2.45) is 5.92 Å². The van der Waals surface area contributed by atoms with Crippen molar-refractivity contribution in [1.82, 2.24) is 10.3 Å². The number of nitrogens with one attached hydrogen (secondary N) is 1. The van der Waals surface area contributed by atoms with Crippen molar-refractivity contribution in [2.45, 2.75) is 32.6 Å². The van der Waals surface area contributed by atoms with Crippen molar-refractivity contribution in [1.29, 1.82) is 0 Å². The molecule has 0 saturated carbocycles. The molecule has 1 aromatic rings. The lowest BCUT2D eigenvalue weighted by Gasteiger charge is -2.33. The maximum atomic E-state index is 12.1. The number of hydrogen-bond donors (Lipinski definition) is 1. The smallest absolute Gasteiger partial charge is 0.224 e. The van der Waals surface area contributed by atoms with Crippen molar-refractivity contribution < 1.29 is 4.79 Å². The van der Waals surface area contributed by atoms with E-state index >= 15 is 0 Å². The number of piperidine rings is 1. The van der Waals surface area contributed by atoms with E-state index in [9.17, 15) is 4.79 Å². The number of rotatable bonds is 5. The zero-order valence-corrected chi connectivity index (χ0v) is 11.6. The van der Waals surface area contributed by atoms with Crippen LogP contribution in [0.2, 0.25) is 0 Å². The summed E-state index contributed by atoms with van der Waals surface area (Å²) in [6, 6.07) is 4.02. The van der Waals surface area contributed by atoms with E-state index < -0.39 is 0 Å². The molecule has 19 heavy (non-hydrogen) atoms. The van der Waals surface area contributed by atoms with Crippen LogP contribution in [0.4, 0.5) is 5.69 Å². The summed E-state index contributed by atoms with van der Waals surface area (Å²) in [5.41, 5.74) is 1.17. The number of anilines is 1. The van der Waals surface area contributed by atoms with Crippen LogP contribution in [0.25, 0.3) is 0 Å². The van der Waals surface area contributed by atoms with Crippen LogP contribution in [0, 0.1) is 5.92 Å². The van der Waals surface area contributed by atoms with Crippen molar-refractivity contribution in [3.63, 3.8) is 0 Å². The number of hydrogen-bond acceptors (Lipinski definition) is 3. The van der Waals surface area contributed by atoms with Gasteiger partial charge in [0.05, 0.1) is 5.92 Å². The highest BCUT2D eigenvalue weighted by atomic mass is 16.1. The molecule has 1 atom stereocenters. The first-order valence-corrected chi connectivity index (χ1v) is 7.24. The summed E-state index contributed by atoms with van der Waals surface area (Å²) < 4.78 is 0. The zero-order chi connectivity index (χ0) is 13.5. The van der Waals surface area contributed by atoms with Crippen molar-refractivity contribution >= 4 is 11.6 Å². The van der Waals surface area contributed by atoms with E-state index in [4.69, 9.17) is 0 Å². The van der Waals surface area contributed by atoms with E-state index in [0.29, 0.717) is 0 Å². The molecule has 4 heteroatoms. The number of carbonyl (C=O) groups excluding carboxylic acids is 1. The molecule has 1 amide bonds. The minimum atomic E-state index is 0.124. The summed E-state index contributed by atoms with van der Waals surface area (Å²) in [4.78, 5) is 18.4. The molecule has 0 aliphatic carbocycles. The molecular formula is C15H23N3O. The van der Waals surface area contributed by atoms with Gasteiger partial charge in [-0.2, -0.15) is 0 Å². The molecule has 0 bridgehead atoms. The van der Waals surface area contributed by atoms with Gasteiger partial charge in [-0.1, -0.05) is 13.3 Å². The fourth-order valence-electron chi connectivity index (χ4n) is 2.51. The van der Waals surface area contributed by atoms with Gasteiger partial charge in [0, 0.05) is 37.7 Å². The minimum Gasteiger partial charge on any atom is -0.371 e. The second kappa shape index (κ2) is 7.12. The Kier molecular flexibility index (Phi) is 5.19. The molecule has 1 saturated heterocycles. The van der Waals surface area contributed by atoms with Crippen molar-refractivity contribution in [3.05, 3.63) is 24.5 Å². The average Bonchev–Trinajstić information content (AvgIpc) is 2.48. The van der Waals surface area contributed by atoms with E-state index in [1.54, 1.807) is 12.4 Å². The maximum Gasteiger partial charge on any atom is 0.224 e. The second-order valence-electron chi connectivity index (χ2n) is 5.14. The quantitative estimate of drug-likeness (QED) is 0.827. The minimum absolute atomic E-state index is 0.124. The lowest BCUT2D eigenvalue weighted by molar-refractivity contribution is -0.125. The Morgan fingerprint density at radius 3 is 3.00 bits per heavy atom. The van der Waals surface area contributed by atoms with Crippen molar-refractivity contribution in [2.75, 3.05) is 24.5 Å². The summed E-state index contributed by atoms with van der Waals surface area (Å²) in [5.74, 6) is 0.339. The van der Waals surface area contributed by atoms with Crippen LogP contribution in [-0.4, -0.2) is 30.5 Å². The number of nitrogens with zero attached hydrogens (tertiary/aromatic N) is 2. The van der Waals surface area contributed by atoms with Gasteiger partial charge < -0.3 is 10.2 Å². The largest absolute Gasteiger partial charge is 0.371 e. The Labute approximate surface area is 115 Å². The summed E-state index contributed by atoms with van der Waals surface area (Å²) in [6.45, 7) is 4.80. The van der Waals surface area contributed by atoms with Crippen LogP contribution in [0.3, 0.4) is 0 Å². The van der Waals surface area contributed by atoms with E-state index in [2.05, 4.69) is 22.1 Å². The second-order valence-corrected chi connectivity index (χ2v) is 5.14. The van der Waals surface area contributed by atoms with Crippen LogP contribution in [0.15, 0.2) is 24.5 Å². The van der Waals surface area contributed by atoms with Crippen LogP contribution < -0.4 is 10.2 Å². The Morgan fingerprint density at radius 1 is 1.47 bits per heavy atom. The summed E-state index contributed by atoms with van der Waals surface area (Å²) in [6.07, 6.45) is 7.87. The monoisotopic (exact) mass is 261 g/mol. The summed E-state index contributed by atoms with van der Waals surface area (Å²) >= 11 is 0. The molecular weight excluding hydrogens is 238 g/mol. The first-order chi connectivity index (χ1) is 9.31. The van der Waals surface area contributed by atoms with Gasteiger partial charge in [-0.25, -0.2) is 0 Å². The molecule has 2 rings (SSSR count). The first kappa shape index (κ1) is 13.8. The fraction of sp³-hybridized carbons (Fsp3) is 0.600. The predicted octanol–water partition coefficient (Wildman–Crippen LogP) is 2.21. The molecule has 1 aliphatic rings. The van der Waals surface area contributed by atoms with E-state index in [-0.39, 0.29) is 11.8 Å². The zero-order valence-electron chi connectivity index (χ0n) is 11.6. The predicted molar refractivity (Wildman–Crippen MR) is 77.1 cm³/mol. The topological polar surface area (TPSA) is 45.2 Å². The van der Waals surface area contributed by atoms with Gasteiger partial charge in [0.25, 0.3) is 0 Å². The Balaban J connectivity index is 1.88. The molecule has 0 radical (unpaired) electrons. The molecule has 0 spiro atoms. The average molecular weight is 261 g/mol. The molecule has 1 aliphatic heterocycles. The molecule has 104 valence electrons. The summed E-state index contributed by atoms with van der Waals surface area (Å²) in [7, 11) is 0. The highest BCUT2D eigenvalue weighted by Crippen LogP contribution is 2.22. The van der Waals surface area contributed by atoms with Gasteiger partial charge in [0.2, 0.25) is 5.91 Å². The number of aromatic nitrogens is 1. The third-order valence-corrected chi connectivity index (χ3v) is 3.65. The maximum absolute atomic E-state index is 12.1. The molecule has 0 unspecified atom stereocenters. The highest BCUT2D eigenvalue weighted by Gasteiger charge is 2.25. The number of pyridine rings is 1. The van der Waals surface area contributed by atoms with E-state index in [1.165, 1.54) is 5.69 Å². The van der Waals surface area contributed by atoms with E-state index in [1.807, 2.05) is 12.1 Å². The van der Waals surface area contributed by atoms with Gasteiger partial charge in [0.1, 0.15) is 0 Å². The van der Waals surface area contributed by atoms with Gasteiger partial charge in [-0.3, -0.25) is 9.78 Å². The Hall–Kier alpha value is -1.58. The third kappa shape index (κ3) is 3.94. The van der Waals surface area contributed by atoms with Gasteiger partial charge >= 0.3 is 0 Å².